The van der Waals surface area contributed by atoms with Crippen molar-refractivity contribution in [3.8, 4) is 5.75 Å². The summed E-state index contributed by atoms with van der Waals surface area (Å²) in [6.07, 6.45) is 1.34. The highest BCUT2D eigenvalue weighted by molar-refractivity contribution is 6.32. The first-order valence-electron chi connectivity index (χ1n) is 8.09. The van der Waals surface area contributed by atoms with Gasteiger partial charge in [-0.05, 0) is 32.8 Å². The van der Waals surface area contributed by atoms with Crippen LogP contribution in [0.2, 0.25) is 5.02 Å². The van der Waals surface area contributed by atoms with Crippen LogP contribution >= 0.6 is 11.6 Å². The molecular weight excluding hydrogens is 318 g/mol. The average Bonchev–Trinajstić information content (AvgIpc) is 2.71. The van der Waals surface area contributed by atoms with Crippen molar-refractivity contribution < 1.29 is 19.0 Å². The molecule has 0 bridgehead atoms. The molecule has 6 heteroatoms. The Kier molecular flexibility index (Phi) is 7.15. The molecule has 5 nitrogen and oxygen atoms in total. The van der Waals surface area contributed by atoms with Gasteiger partial charge in [-0.1, -0.05) is 23.7 Å². The average molecular weight is 342 g/mol. The molecule has 1 atom stereocenters. The molecule has 0 aromatic heterocycles. The topological polar surface area (TPSA) is 56.8 Å². The second kappa shape index (κ2) is 9.11. The maximum atomic E-state index is 12.3. The van der Waals surface area contributed by atoms with Crippen LogP contribution in [0.25, 0.3) is 0 Å². The van der Waals surface area contributed by atoms with Gasteiger partial charge in [-0.2, -0.15) is 0 Å². The molecule has 1 aromatic carbocycles. The van der Waals surface area contributed by atoms with Gasteiger partial charge in [0.25, 0.3) is 0 Å². The lowest BCUT2D eigenvalue weighted by atomic mass is 10.0. The summed E-state index contributed by atoms with van der Waals surface area (Å²) < 4.78 is 16.6. The Morgan fingerprint density at radius 1 is 1.39 bits per heavy atom. The number of para-hydroxylation sites is 1. The van der Waals surface area contributed by atoms with Gasteiger partial charge >= 0.3 is 0 Å². The van der Waals surface area contributed by atoms with Crippen LogP contribution in [0.3, 0.4) is 0 Å². The summed E-state index contributed by atoms with van der Waals surface area (Å²) >= 11 is 6.21. The Labute approximate surface area is 142 Å². The number of ether oxygens (including phenoxy) is 3. The molecule has 0 saturated heterocycles. The van der Waals surface area contributed by atoms with Crippen molar-refractivity contribution in [2.75, 3.05) is 19.8 Å². The van der Waals surface area contributed by atoms with Gasteiger partial charge in [0.2, 0.25) is 5.91 Å². The van der Waals surface area contributed by atoms with E-state index in [0.717, 1.165) is 18.4 Å². The molecule has 0 spiro atoms. The van der Waals surface area contributed by atoms with Crippen molar-refractivity contribution in [2.24, 2.45) is 0 Å². The third-order valence-corrected chi connectivity index (χ3v) is 3.95. The van der Waals surface area contributed by atoms with Gasteiger partial charge in [-0.15, -0.1) is 0 Å². The van der Waals surface area contributed by atoms with E-state index in [2.05, 4.69) is 5.32 Å². The van der Waals surface area contributed by atoms with Crippen LogP contribution in [-0.4, -0.2) is 32.0 Å². The predicted molar refractivity (Wildman–Crippen MR) is 88.7 cm³/mol. The third kappa shape index (κ3) is 5.09. The maximum Gasteiger partial charge on any atom is 0.225 e. The number of rotatable bonds is 7. The summed E-state index contributed by atoms with van der Waals surface area (Å²) in [4.78, 5) is 12.3. The van der Waals surface area contributed by atoms with E-state index in [1.54, 1.807) is 6.07 Å². The largest absolute Gasteiger partial charge is 0.492 e. The number of carbonyl (C=O) groups excluding carboxylic acids is 1. The zero-order valence-electron chi connectivity index (χ0n) is 13.6. The van der Waals surface area contributed by atoms with E-state index in [-0.39, 0.29) is 18.4 Å². The molecule has 1 aromatic rings. The molecule has 0 fully saturated rings. The standard InChI is InChI=1S/C17H24ClNO4/c1-3-21-16(22-4-2)11-15(20)19-14-9-6-10-23-17-12(14)7-5-8-13(17)18/h5,7-8,14,16H,3-4,6,9-11H2,1-2H3,(H,19,20)/t14-/m0/s1. The van der Waals surface area contributed by atoms with Gasteiger partial charge in [-0.25, -0.2) is 0 Å². The highest BCUT2D eigenvalue weighted by Gasteiger charge is 2.24. The van der Waals surface area contributed by atoms with E-state index >= 15 is 0 Å². The molecule has 1 aliphatic heterocycles. The van der Waals surface area contributed by atoms with Gasteiger partial charge in [0, 0.05) is 18.8 Å². The first-order valence-corrected chi connectivity index (χ1v) is 8.47. The molecule has 1 aliphatic rings. The Morgan fingerprint density at radius 2 is 2.13 bits per heavy atom. The summed E-state index contributed by atoms with van der Waals surface area (Å²) in [6.45, 7) is 5.38. The van der Waals surface area contributed by atoms with Crippen molar-refractivity contribution in [3.63, 3.8) is 0 Å². The van der Waals surface area contributed by atoms with Gasteiger partial charge < -0.3 is 19.5 Å². The summed E-state index contributed by atoms with van der Waals surface area (Å²) in [5.74, 6) is 0.567. The van der Waals surface area contributed by atoms with Crippen molar-refractivity contribution in [1.29, 1.82) is 0 Å². The van der Waals surface area contributed by atoms with Crippen molar-refractivity contribution in [3.05, 3.63) is 28.8 Å². The Balaban J connectivity index is 2.04. The van der Waals surface area contributed by atoms with Crippen molar-refractivity contribution >= 4 is 17.5 Å². The molecular formula is C17H24ClNO4. The van der Waals surface area contributed by atoms with E-state index in [1.165, 1.54) is 0 Å². The molecule has 2 rings (SSSR count). The number of nitrogens with one attached hydrogen (secondary N) is 1. The number of benzene rings is 1. The second-order valence-electron chi connectivity index (χ2n) is 5.31. The number of hydrogen-bond donors (Lipinski definition) is 1. The van der Waals surface area contributed by atoms with Crippen LogP contribution in [0.15, 0.2) is 18.2 Å². The third-order valence-electron chi connectivity index (χ3n) is 3.65. The van der Waals surface area contributed by atoms with Crippen LogP contribution in [0, 0.1) is 0 Å². The molecule has 0 radical (unpaired) electrons. The molecule has 128 valence electrons. The predicted octanol–water partition coefficient (Wildman–Crippen LogP) is 3.46. The lowest BCUT2D eigenvalue weighted by Gasteiger charge is -2.21. The zero-order valence-corrected chi connectivity index (χ0v) is 14.4. The lowest BCUT2D eigenvalue weighted by Crippen LogP contribution is -2.33. The van der Waals surface area contributed by atoms with Gasteiger partial charge in [0.1, 0.15) is 5.75 Å². The molecule has 1 amide bonds. The quantitative estimate of drug-likeness (QED) is 0.772. The molecule has 0 aliphatic carbocycles. The van der Waals surface area contributed by atoms with E-state index in [0.29, 0.717) is 30.6 Å². The highest BCUT2D eigenvalue weighted by Crippen LogP contribution is 2.36. The van der Waals surface area contributed by atoms with Crippen LogP contribution in [-0.2, 0) is 14.3 Å². The number of fused-ring (bicyclic) bond motifs is 1. The van der Waals surface area contributed by atoms with Gasteiger partial charge in [0.15, 0.2) is 6.29 Å². The number of halogens is 1. The normalized spacial score (nSPS) is 17.3. The molecule has 1 heterocycles. The summed E-state index contributed by atoms with van der Waals surface area (Å²) in [6, 6.07) is 5.51. The van der Waals surface area contributed by atoms with Crippen LogP contribution in [0.5, 0.6) is 5.75 Å². The molecule has 23 heavy (non-hydrogen) atoms. The molecule has 1 N–H and O–H groups in total. The van der Waals surface area contributed by atoms with Crippen LogP contribution < -0.4 is 10.1 Å². The number of hydrogen-bond acceptors (Lipinski definition) is 4. The molecule has 0 unspecified atom stereocenters. The zero-order chi connectivity index (χ0) is 16.7. The summed E-state index contributed by atoms with van der Waals surface area (Å²) in [5, 5.41) is 3.63. The van der Waals surface area contributed by atoms with Crippen molar-refractivity contribution in [2.45, 2.75) is 45.4 Å². The fourth-order valence-electron chi connectivity index (χ4n) is 2.66. The highest BCUT2D eigenvalue weighted by atomic mass is 35.5. The van der Waals surface area contributed by atoms with E-state index in [9.17, 15) is 4.79 Å². The van der Waals surface area contributed by atoms with Gasteiger partial charge in [-0.3, -0.25) is 4.79 Å². The van der Waals surface area contributed by atoms with E-state index in [1.807, 2.05) is 26.0 Å². The van der Waals surface area contributed by atoms with Crippen LogP contribution in [0.1, 0.15) is 44.7 Å². The fraction of sp³-hybridized carbons (Fsp3) is 0.588. The minimum absolute atomic E-state index is 0.102. The van der Waals surface area contributed by atoms with Crippen molar-refractivity contribution in [1.82, 2.24) is 5.32 Å². The van der Waals surface area contributed by atoms with E-state index in [4.69, 9.17) is 25.8 Å². The summed E-state index contributed by atoms with van der Waals surface area (Å²) in [5.41, 5.74) is 0.924. The van der Waals surface area contributed by atoms with Crippen LogP contribution in [0.4, 0.5) is 0 Å². The first-order chi connectivity index (χ1) is 11.2. The maximum absolute atomic E-state index is 12.3. The van der Waals surface area contributed by atoms with Gasteiger partial charge in [0.05, 0.1) is 24.1 Å². The summed E-state index contributed by atoms with van der Waals surface area (Å²) in [7, 11) is 0. The Hall–Kier alpha value is -1.30. The minimum atomic E-state index is -0.508. The smallest absolute Gasteiger partial charge is 0.225 e. The molecule has 0 saturated carbocycles. The lowest BCUT2D eigenvalue weighted by molar-refractivity contribution is -0.153. The SMILES string of the molecule is CCOC(CC(=O)N[C@H]1CCCOc2c(Cl)cccc21)OCC. The Morgan fingerprint density at radius 3 is 2.83 bits per heavy atom. The minimum Gasteiger partial charge on any atom is -0.492 e. The number of carbonyl (C=O) groups is 1. The Bertz CT molecular complexity index is 517. The monoisotopic (exact) mass is 341 g/mol. The van der Waals surface area contributed by atoms with E-state index < -0.39 is 6.29 Å². The number of amides is 1. The first kappa shape index (κ1) is 18.0. The second-order valence-corrected chi connectivity index (χ2v) is 5.72. The fourth-order valence-corrected chi connectivity index (χ4v) is 2.90.